The molecular formula is C9H17NO3. The second kappa shape index (κ2) is 6.84. The fourth-order valence-corrected chi connectivity index (χ4v) is 1.10. The third-order valence-corrected chi connectivity index (χ3v) is 1.95. The molecular weight excluding hydrogens is 170 g/mol. The molecule has 13 heavy (non-hydrogen) atoms. The van der Waals surface area contributed by atoms with Crippen LogP contribution in [0.5, 0.6) is 0 Å². The predicted molar refractivity (Wildman–Crippen MR) is 47.8 cm³/mol. The van der Waals surface area contributed by atoms with E-state index in [0.29, 0.717) is 12.8 Å². The van der Waals surface area contributed by atoms with Crippen molar-refractivity contribution in [1.82, 2.24) is 0 Å². The van der Waals surface area contributed by atoms with Crippen LogP contribution in [0, 0.1) is 11.3 Å². The summed E-state index contributed by atoms with van der Waals surface area (Å²) in [6, 6.07) is 2.09. The summed E-state index contributed by atoms with van der Waals surface area (Å²) < 4.78 is 15.3. The van der Waals surface area contributed by atoms with Gasteiger partial charge >= 0.3 is 0 Å². The quantitative estimate of drug-likeness (QED) is 0.449. The monoisotopic (exact) mass is 187 g/mol. The zero-order valence-corrected chi connectivity index (χ0v) is 8.50. The molecule has 4 heteroatoms. The van der Waals surface area contributed by atoms with E-state index >= 15 is 0 Å². The molecule has 0 aliphatic carbocycles. The molecule has 0 fully saturated rings. The summed E-state index contributed by atoms with van der Waals surface area (Å²) in [5.74, 6) is -0.935. The molecule has 0 aromatic carbocycles. The van der Waals surface area contributed by atoms with Crippen molar-refractivity contribution in [1.29, 1.82) is 5.26 Å². The van der Waals surface area contributed by atoms with Crippen molar-refractivity contribution in [3.8, 4) is 6.07 Å². The van der Waals surface area contributed by atoms with Crippen LogP contribution in [0.2, 0.25) is 0 Å². The third-order valence-electron chi connectivity index (χ3n) is 1.95. The molecule has 0 heterocycles. The molecule has 0 aromatic heterocycles. The van der Waals surface area contributed by atoms with E-state index in [0.717, 1.165) is 12.8 Å². The first-order valence-electron chi connectivity index (χ1n) is 4.27. The van der Waals surface area contributed by atoms with Gasteiger partial charge in [-0.3, -0.25) is 0 Å². The first kappa shape index (κ1) is 12.4. The van der Waals surface area contributed by atoms with Crippen LogP contribution in [0.4, 0.5) is 0 Å². The number of rotatable bonds is 7. The maximum Gasteiger partial charge on any atom is 0.282 e. The van der Waals surface area contributed by atoms with Crippen LogP contribution in [0.1, 0.15) is 25.7 Å². The van der Waals surface area contributed by atoms with E-state index in [4.69, 9.17) is 19.5 Å². The van der Waals surface area contributed by atoms with Gasteiger partial charge in [0.25, 0.3) is 5.97 Å². The second-order valence-electron chi connectivity index (χ2n) is 2.66. The fourth-order valence-electron chi connectivity index (χ4n) is 1.10. The van der Waals surface area contributed by atoms with E-state index in [1.54, 1.807) is 0 Å². The molecule has 0 atom stereocenters. The van der Waals surface area contributed by atoms with Crippen molar-refractivity contribution in [3.05, 3.63) is 0 Å². The molecule has 0 amide bonds. The molecule has 0 N–H and O–H groups in total. The largest absolute Gasteiger partial charge is 0.331 e. The minimum Gasteiger partial charge on any atom is -0.331 e. The van der Waals surface area contributed by atoms with E-state index in [1.165, 1.54) is 21.3 Å². The van der Waals surface area contributed by atoms with Crippen molar-refractivity contribution >= 4 is 0 Å². The molecule has 0 rings (SSSR count). The molecule has 76 valence electrons. The highest BCUT2D eigenvalue weighted by Gasteiger charge is 2.28. The first-order valence-corrected chi connectivity index (χ1v) is 4.27. The molecule has 0 spiro atoms. The Balaban J connectivity index is 3.76. The van der Waals surface area contributed by atoms with E-state index in [9.17, 15) is 0 Å². The molecule has 0 radical (unpaired) electrons. The molecule has 0 aromatic rings. The van der Waals surface area contributed by atoms with E-state index < -0.39 is 5.97 Å². The van der Waals surface area contributed by atoms with Gasteiger partial charge in [-0.25, -0.2) is 0 Å². The van der Waals surface area contributed by atoms with Gasteiger partial charge in [0.1, 0.15) is 0 Å². The van der Waals surface area contributed by atoms with Crippen molar-refractivity contribution in [2.24, 2.45) is 0 Å². The average molecular weight is 187 g/mol. The van der Waals surface area contributed by atoms with Crippen LogP contribution in [0.3, 0.4) is 0 Å². The van der Waals surface area contributed by atoms with Gasteiger partial charge in [0.15, 0.2) is 0 Å². The summed E-state index contributed by atoms with van der Waals surface area (Å²) in [6.07, 6.45) is 2.89. The lowest BCUT2D eigenvalue weighted by Gasteiger charge is -2.28. The first-order chi connectivity index (χ1) is 6.24. The Morgan fingerprint density at radius 2 is 1.62 bits per heavy atom. The van der Waals surface area contributed by atoms with Gasteiger partial charge in [-0.2, -0.15) is 5.26 Å². The average Bonchev–Trinajstić information content (AvgIpc) is 2.20. The topological polar surface area (TPSA) is 51.5 Å². The van der Waals surface area contributed by atoms with Crippen LogP contribution in [-0.4, -0.2) is 27.3 Å². The van der Waals surface area contributed by atoms with Gasteiger partial charge in [0.05, 0.1) is 6.07 Å². The van der Waals surface area contributed by atoms with Gasteiger partial charge < -0.3 is 14.2 Å². The van der Waals surface area contributed by atoms with Crippen LogP contribution >= 0.6 is 0 Å². The number of nitrogens with zero attached hydrogens (tertiary/aromatic N) is 1. The Labute approximate surface area is 79.4 Å². The van der Waals surface area contributed by atoms with Gasteiger partial charge in [-0.1, -0.05) is 0 Å². The lowest BCUT2D eigenvalue weighted by Crippen LogP contribution is -2.35. The minimum absolute atomic E-state index is 0.563. The highest BCUT2D eigenvalue weighted by atomic mass is 16.9. The normalized spacial score (nSPS) is 11.2. The number of methoxy groups -OCH3 is 3. The molecule has 0 aliphatic rings. The number of hydrogen-bond donors (Lipinski definition) is 0. The summed E-state index contributed by atoms with van der Waals surface area (Å²) in [5, 5.41) is 8.32. The third kappa shape index (κ3) is 4.23. The summed E-state index contributed by atoms with van der Waals surface area (Å²) in [5.41, 5.74) is 0. The van der Waals surface area contributed by atoms with Crippen molar-refractivity contribution in [3.63, 3.8) is 0 Å². The van der Waals surface area contributed by atoms with E-state index in [1.807, 2.05) is 0 Å². The molecule has 0 saturated heterocycles. The van der Waals surface area contributed by atoms with Gasteiger partial charge in [-0.05, 0) is 12.8 Å². The maximum atomic E-state index is 8.32. The number of hydrogen-bond acceptors (Lipinski definition) is 4. The summed E-state index contributed by atoms with van der Waals surface area (Å²) in [7, 11) is 4.62. The Morgan fingerprint density at radius 1 is 1.08 bits per heavy atom. The zero-order chi connectivity index (χ0) is 10.2. The van der Waals surface area contributed by atoms with Crippen LogP contribution in [0.15, 0.2) is 0 Å². The molecule has 0 unspecified atom stereocenters. The van der Waals surface area contributed by atoms with Gasteiger partial charge in [0, 0.05) is 34.2 Å². The maximum absolute atomic E-state index is 8.32. The Bertz CT molecular complexity index is 152. The Kier molecular flexibility index (Phi) is 6.51. The summed E-state index contributed by atoms with van der Waals surface area (Å²) >= 11 is 0. The Morgan fingerprint density at radius 3 is 2.00 bits per heavy atom. The minimum atomic E-state index is -0.935. The molecule has 4 nitrogen and oxygen atoms in total. The smallest absolute Gasteiger partial charge is 0.282 e. The standard InChI is InChI=1S/C9H17NO3/c1-11-9(12-2,13-3)7-5-4-6-8-10/h4-7H2,1-3H3. The second-order valence-corrected chi connectivity index (χ2v) is 2.66. The summed E-state index contributed by atoms with van der Waals surface area (Å²) in [4.78, 5) is 0. The SMILES string of the molecule is COC(CCCCC#N)(OC)OC. The van der Waals surface area contributed by atoms with Crippen molar-refractivity contribution in [2.45, 2.75) is 31.7 Å². The van der Waals surface area contributed by atoms with Crippen LogP contribution in [0.25, 0.3) is 0 Å². The number of ether oxygens (including phenoxy) is 3. The molecule has 0 bridgehead atoms. The summed E-state index contributed by atoms with van der Waals surface area (Å²) in [6.45, 7) is 0. The van der Waals surface area contributed by atoms with Gasteiger partial charge in [0.2, 0.25) is 0 Å². The van der Waals surface area contributed by atoms with Crippen molar-refractivity contribution < 1.29 is 14.2 Å². The number of nitriles is 1. The number of unbranched alkanes of at least 4 members (excludes halogenated alkanes) is 2. The highest BCUT2D eigenvalue weighted by molar-refractivity contribution is 4.69. The highest BCUT2D eigenvalue weighted by Crippen LogP contribution is 2.20. The lowest BCUT2D eigenvalue weighted by atomic mass is 10.2. The van der Waals surface area contributed by atoms with E-state index in [2.05, 4.69) is 6.07 Å². The fraction of sp³-hybridized carbons (Fsp3) is 0.889. The lowest BCUT2D eigenvalue weighted by molar-refractivity contribution is -0.355. The zero-order valence-electron chi connectivity index (χ0n) is 8.50. The van der Waals surface area contributed by atoms with Gasteiger partial charge in [-0.15, -0.1) is 0 Å². The molecule has 0 saturated carbocycles. The van der Waals surface area contributed by atoms with E-state index in [-0.39, 0.29) is 0 Å². The molecule has 0 aliphatic heterocycles. The van der Waals surface area contributed by atoms with Crippen molar-refractivity contribution in [2.75, 3.05) is 21.3 Å². The van der Waals surface area contributed by atoms with Crippen LogP contribution in [-0.2, 0) is 14.2 Å². The van der Waals surface area contributed by atoms with Crippen LogP contribution < -0.4 is 0 Å². The Hall–Kier alpha value is -0.630. The predicted octanol–water partition coefficient (Wildman–Crippen LogP) is 1.66.